The fourth-order valence-corrected chi connectivity index (χ4v) is 2.59. The highest BCUT2D eigenvalue weighted by Gasteiger charge is 2.17. The molecule has 0 aliphatic rings. The molecule has 21 heavy (non-hydrogen) atoms. The first-order valence-electron chi connectivity index (χ1n) is 6.57. The van der Waals surface area contributed by atoms with Gasteiger partial charge in [0.2, 0.25) is 5.78 Å². The SMILES string of the molecule is Cc1ccc(Br)cc1C(=O)c1ccnn1-c1ccccc1. The van der Waals surface area contributed by atoms with Crippen LogP contribution in [0.3, 0.4) is 0 Å². The quantitative estimate of drug-likeness (QED) is 0.670. The number of hydrogen-bond donors (Lipinski definition) is 0. The minimum Gasteiger partial charge on any atom is -0.287 e. The number of benzene rings is 2. The molecule has 1 heterocycles. The maximum Gasteiger partial charge on any atom is 0.211 e. The van der Waals surface area contributed by atoms with Gasteiger partial charge < -0.3 is 0 Å². The fourth-order valence-electron chi connectivity index (χ4n) is 2.23. The zero-order valence-electron chi connectivity index (χ0n) is 11.5. The molecule has 0 aliphatic carbocycles. The predicted molar refractivity (Wildman–Crippen MR) is 85.9 cm³/mol. The van der Waals surface area contributed by atoms with Gasteiger partial charge in [0, 0.05) is 10.0 Å². The average Bonchev–Trinajstić information content (AvgIpc) is 2.99. The number of aromatic nitrogens is 2. The standard InChI is InChI=1S/C17H13BrN2O/c1-12-7-8-13(18)11-15(12)17(21)16-9-10-19-20(16)14-5-3-2-4-6-14/h2-11H,1H3. The van der Waals surface area contributed by atoms with Crippen LogP contribution < -0.4 is 0 Å². The van der Waals surface area contributed by atoms with Crippen LogP contribution in [0.25, 0.3) is 5.69 Å². The van der Waals surface area contributed by atoms with Crippen molar-refractivity contribution in [2.75, 3.05) is 0 Å². The van der Waals surface area contributed by atoms with E-state index in [1.165, 1.54) is 0 Å². The Kier molecular flexibility index (Phi) is 3.71. The van der Waals surface area contributed by atoms with Crippen molar-refractivity contribution in [3.63, 3.8) is 0 Å². The van der Waals surface area contributed by atoms with Crippen molar-refractivity contribution in [1.29, 1.82) is 0 Å². The number of para-hydroxylation sites is 1. The number of rotatable bonds is 3. The van der Waals surface area contributed by atoms with Gasteiger partial charge in [-0.05, 0) is 42.8 Å². The first kappa shape index (κ1) is 13.8. The largest absolute Gasteiger partial charge is 0.287 e. The first-order chi connectivity index (χ1) is 10.2. The fraction of sp³-hybridized carbons (Fsp3) is 0.0588. The molecule has 0 aliphatic heterocycles. The van der Waals surface area contributed by atoms with Gasteiger partial charge in [0.05, 0.1) is 11.9 Å². The number of halogens is 1. The van der Waals surface area contributed by atoms with Crippen LogP contribution in [0.4, 0.5) is 0 Å². The third-order valence-electron chi connectivity index (χ3n) is 3.32. The first-order valence-corrected chi connectivity index (χ1v) is 7.36. The highest BCUT2D eigenvalue weighted by Crippen LogP contribution is 2.20. The van der Waals surface area contributed by atoms with Gasteiger partial charge in [-0.3, -0.25) is 4.79 Å². The smallest absolute Gasteiger partial charge is 0.211 e. The molecule has 2 aromatic carbocycles. The van der Waals surface area contributed by atoms with Crippen LogP contribution in [-0.4, -0.2) is 15.6 Å². The molecule has 4 heteroatoms. The van der Waals surface area contributed by atoms with Crippen LogP contribution in [0.15, 0.2) is 65.3 Å². The van der Waals surface area contributed by atoms with Crippen molar-refractivity contribution < 1.29 is 4.79 Å². The molecule has 0 atom stereocenters. The van der Waals surface area contributed by atoms with E-state index in [9.17, 15) is 4.79 Å². The van der Waals surface area contributed by atoms with Gasteiger partial charge in [0.15, 0.2) is 0 Å². The molecule has 0 amide bonds. The van der Waals surface area contributed by atoms with Crippen LogP contribution in [0.2, 0.25) is 0 Å². The normalized spacial score (nSPS) is 10.6. The third-order valence-corrected chi connectivity index (χ3v) is 3.81. The van der Waals surface area contributed by atoms with E-state index in [0.29, 0.717) is 11.3 Å². The van der Waals surface area contributed by atoms with Gasteiger partial charge >= 0.3 is 0 Å². The molecule has 3 nitrogen and oxygen atoms in total. The van der Waals surface area contributed by atoms with E-state index in [1.54, 1.807) is 16.9 Å². The summed E-state index contributed by atoms with van der Waals surface area (Å²) in [5.41, 5.74) is 3.06. The minimum absolute atomic E-state index is 0.0323. The summed E-state index contributed by atoms with van der Waals surface area (Å²) in [6.07, 6.45) is 1.65. The summed E-state index contributed by atoms with van der Waals surface area (Å²) < 4.78 is 2.56. The molecule has 0 fully saturated rings. The number of hydrogen-bond acceptors (Lipinski definition) is 2. The number of carbonyl (C=O) groups excluding carboxylic acids is 1. The van der Waals surface area contributed by atoms with Gasteiger partial charge in [-0.15, -0.1) is 0 Å². The van der Waals surface area contributed by atoms with Gasteiger partial charge in [-0.25, -0.2) is 4.68 Å². The molecule has 0 unspecified atom stereocenters. The molecule has 0 spiro atoms. The van der Waals surface area contributed by atoms with E-state index in [2.05, 4.69) is 21.0 Å². The second-order valence-corrected chi connectivity index (χ2v) is 5.67. The van der Waals surface area contributed by atoms with Crippen molar-refractivity contribution in [2.45, 2.75) is 6.92 Å². The average molecular weight is 341 g/mol. The third kappa shape index (κ3) is 2.67. The number of ketones is 1. The van der Waals surface area contributed by atoms with Gasteiger partial charge in [0.1, 0.15) is 5.69 Å². The molecule has 0 N–H and O–H groups in total. The van der Waals surface area contributed by atoms with Crippen molar-refractivity contribution >= 4 is 21.7 Å². The van der Waals surface area contributed by atoms with E-state index in [1.807, 2.05) is 55.5 Å². The summed E-state index contributed by atoms with van der Waals surface area (Å²) in [4.78, 5) is 12.8. The number of aryl methyl sites for hydroxylation is 1. The van der Waals surface area contributed by atoms with Crippen molar-refractivity contribution in [2.24, 2.45) is 0 Å². The van der Waals surface area contributed by atoms with E-state index >= 15 is 0 Å². The Morgan fingerprint density at radius 2 is 1.86 bits per heavy atom. The number of carbonyl (C=O) groups is 1. The van der Waals surface area contributed by atoms with Crippen LogP contribution in [-0.2, 0) is 0 Å². The maximum atomic E-state index is 12.8. The zero-order valence-corrected chi connectivity index (χ0v) is 13.0. The lowest BCUT2D eigenvalue weighted by molar-refractivity contribution is 0.103. The van der Waals surface area contributed by atoms with E-state index < -0.39 is 0 Å². The summed E-state index contributed by atoms with van der Waals surface area (Å²) in [5, 5.41) is 4.27. The second kappa shape index (κ2) is 5.66. The molecule has 0 saturated heterocycles. The summed E-state index contributed by atoms with van der Waals surface area (Å²) in [5.74, 6) is -0.0323. The zero-order chi connectivity index (χ0) is 14.8. The van der Waals surface area contributed by atoms with Crippen LogP contribution >= 0.6 is 15.9 Å². The predicted octanol–water partition coefficient (Wildman–Crippen LogP) is 4.17. The minimum atomic E-state index is -0.0323. The molecule has 0 radical (unpaired) electrons. The molecule has 0 saturated carbocycles. The van der Waals surface area contributed by atoms with Gasteiger partial charge in [0.25, 0.3) is 0 Å². The van der Waals surface area contributed by atoms with Crippen molar-refractivity contribution in [3.8, 4) is 5.69 Å². The molecular formula is C17H13BrN2O. The maximum absolute atomic E-state index is 12.8. The Labute approximate surface area is 131 Å². The van der Waals surface area contributed by atoms with Crippen LogP contribution in [0.5, 0.6) is 0 Å². The topological polar surface area (TPSA) is 34.9 Å². The van der Waals surface area contributed by atoms with Crippen molar-refractivity contribution in [3.05, 3.63) is 82.1 Å². The molecule has 1 aromatic heterocycles. The van der Waals surface area contributed by atoms with Crippen molar-refractivity contribution in [1.82, 2.24) is 9.78 Å². The highest BCUT2D eigenvalue weighted by molar-refractivity contribution is 9.10. The molecule has 0 bridgehead atoms. The highest BCUT2D eigenvalue weighted by atomic mass is 79.9. The van der Waals surface area contributed by atoms with E-state index in [-0.39, 0.29) is 5.78 Å². The second-order valence-electron chi connectivity index (χ2n) is 4.75. The summed E-state index contributed by atoms with van der Waals surface area (Å²) >= 11 is 3.42. The molecular weight excluding hydrogens is 328 g/mol. The Bertz CT molecular complexity index is 794. The summed E-state index contributed by atoms with van der Waals surface area (Å²) in [6.45, 7) is 1.93. The van der Waals surface area contributed by atoms with E-state index in [0.717, 1.165) is 15.7 Å². The monoisotopic (exact) mass is 340 g/mol. The molecule has 104 valence electrons. The lowest BCUT2D eigenvalue weighted by Gasteiger charge is -2.09. The Morgan fingerprint density at radius 1 is 1.10 bits per heavy atom. The van der Waals surface area contributed by atoms with Crippen LogP contribution in [0, 0.1) is 6.92 Å². The molecule has 3 rings (SSSR count). The summed E-state index contributed by atoms with van der Waals surface area (Å²) in [7, 11) is 0. The Hall–Kier alpha value is -2.20. The lowest BCUT2D eigenvalue weighted by atomic mass is 10.0. The summed E-state index contributed by atoms with van der Waals surface area (Å²) in [6, 6.07) is 17.1. The van der Waals surface area contributed by atoms with E-state index in [4.69, 9.17) is 0 Å². The number of nitrogens with zero attached hydrogens (tertiary/aromatic N) is 2. The van der Waals surface area contributed by atoms with Crippen LogP contribution in [0.1, 0.15) is 21.6 Å². The lowest BCUT2D eigenvalue weighted by Crippen LogP contribution is -2.11. The Morgan fingerprint density at radius 3 is 2.62 bits per heavy atom. The van der Waals surface area contributed by atoms with Gasteiger partial charge in [-0.1, -0.05) is 40.2 Å². The Balaban J connectivity index is 2.08. The van der Waals surface area contributed by atoms with Gasteiger partial charge in [-0.2, -0.15) is 5.10 Å². The molecule has 3 aromatic rings.